The average molecular weight is 422 g/mol. The zero-order valence-electron chi connectivity index (χ0n) is 17.8. The first-order chi connectivity index (χ1) is 15.1. The number of carbonyl (C=O) groups excluding carboxylic acids is 1. The lowest BCUT2D eigenvalue weighted by Gasteiger charge is -2.30. The Morgan fingerprint density at radius 1 is 1.13 bits per heavy atom. The molecule has 0 radical (unpaired) electrons. The first-order valence-corrected chi connectivity index (χ1v) is 10.9. The Morgan fingerprint density at radius 2 is 1.84 bits per heavy atom. The molecule has 1 aromatic heterocycles. The van der Waals surface area contributed by atoms with Crippen LogP contribution in [-0.4, -0.2) is 35.4 Å². The van der Waals surface area contributed by atoms with Crippen molar-refractivity contribution in [2.45, 2.75) is 32.7 Å². The molecule has 0 atom stereocenters. The average Bonchev–Trinajstić information content (AvgIpc) is 3.16. The van der Waals surface area contributed by atoms with Crippen LogP contribution in [0.15, 0.2) is 59.0 Å². The fourth-order valence-electron chi connectivity index (χ4n) is 4.01. The molecule has 6 heteroatoms. The van der Waals surface area contributed by atoms with Crippen molar-refractivity contribution in [1.29, 1.82) is 0 Å². The van der Waals surface area contributed by atoms with Gasteiger partial charge in [-0.15, -0.1) is 0 Å². The van der Waals surface area contributed by atoms with Gasteiger partial charge in [0.15, 0.2) is 0 Å². The summed E-state index contributed by atoms with van der Waals surface area (Å²) in [5.41, 5.74) is 2.56. The molecule has 3 aromatic rings. The molecule has 2 heterocycles. The van der Waals surface area contributed by atoms with Crippen LogP contribution in [0.5, 0.6) is 0 Å². The van der Waals surface area contributed by atoms with Gasteiger partial charge in [0, 0.05) is 24.6 Å². The molecular weight excluding hydrogens is 393 g/mol. The van der Waals surface area contributed by atoms with Crippen molar-refractivity contribution >= 4 is 5.91 Å². The fourth-order valence-corrected chi connectivity index (χ4v) is 4.01. The van der Waals surface area contributed by atoms with Gasteiger partial charge in [-0.25, -0.2) is 9.37 Å². The largest absolute Gasteiger partial charge is 0.441 e. The number of carbonyl (C=O) groups is 1. The highest BCUT2D eigenvalue weighted by atomic mass is 19.1. The number of aryl methyl sites for hydroxylation is 1. The number of halogens is 1. The van der Waals surface area contributed by atoms with E-state index in [0.717, 1.165) is 49.5 Å². The number of nitrogens with zero attached hydrogens (tertiary/aromatic N) is 2. The summed E-state index contributed by atoms with van der Waals surface area (Å²) in [7, 11) is 0. The van der Waals surface area contributed by atoms with E-state index >= 15 is 0 Å². The molecule has 162 valence electrons. The maximum atomic E-state index is 13.7. The molecule has 2 aromatic carbocycles. The van der Waals surface area contributed by atoms with Crippen molar-refractivity contribution in [2.75, 3.05) is 19.6 Å². The van der Waals surface area contributed by atoms with Crippen molar-refractivity contribution in [2.24, 2.45) is 5.92 Å². The highest BCUT2D eigenvalue weighted by Gasteiger charge is 2.26. The van der Waals surface area contributed by atoms with Crippen LogP contribution in [-0.2, 0) is 17.8 Å². The Kier molecular flexibility index (Phi) is 6.77. The smallest absolute Gasteiger partial charge is 0.226 e. The molecule has 1 aliphatic rings. The van der Waals surface area contributed by atoms with Gasteiger partial charge in [0.1, 0.15) is 11.6 Å². The Morgan fingerprint density at radius 3 is 2.58 bits per heavy atom. The minimum absolute atomic E-state index is 0.00940. The molecule has 0 unspecified atom stereocenters. The number of hydrogen-bond donors (Lipinski definition) is 1. The number of piperidine rings is 1. The zero-order chi connectivity index (χ0) is 21.6. The predicted octanol–water partition coefficient (Wildman–Crippen LogP) is 4.36. The second-order valence-electron chi connectivity index (χ2n) is 8.07. The summed E-state index contributed by atoms with van der Waals surface area (Å²) in [6, 6.07) is 16.6. The standard InChI is InChI=1S/C25H28FN3O2/c1-18-23(28-25(31-18)21-8-3-2-4-9-21)17-29-15-12-20(13-16-29)24(30)27-14-11-19-7-5-6-10-22(19)26/h2-10,20H,11-17H2,1H3,(H,27,30). The number of benzene rings is 2. The highest BCUT2D eigenvalue weighted by Crippen LogP contribution is 2.24. The number of oxazole rings is 1. The lowest BCUT2D eigenvalue weighted by atomic mass is 9.95. The maximum Gasteiger partial charge on any atom is 0.226 e. The van der Waals surface area contributed by atoms with E-state index in [1.807, 2.05) is 43.3 Å². The molecule has 1 aliphatic heterocycles. The fraction of sp³-hybridized carbons (Fsp3) is 0.360. The lowest BCUT2D eigenvalue weighted by molar-refractivity contribution is -0.126. The molecule has 1 amide bonds. The number of hydrogen-bond acceptors (Lipinski definition) is 4. The minimum Gasteiger partial charge on any atom is -0.441 e. The van der Waals surface area contributed by atoms with Crippen LogP contribution in [0.25, 0.3) is 11.5 Å². The first kappa shape index (κ1) is 21.2. The van der Waals surface area contributed by atoms with E-state index in [0.29, 0.717) is 24.4 Å². The molecule has 5 nitrogen and oxygen atoms in total. The Hall–Kier alpha value is -2.99. The van der Waals surface area contributed by atoms with Crippen molar-refractivity contribution in [3.8, 4) is 11.5 Å². The van der Waals surface area contributed by atoms with Crippen LogP contribution in [0.2, 0.25) is 0 Å². The first-order valence-electron chi connectivity index (χ1n) is 10.9. The van der Waals surface area contributed by atoms with E-state index in [9.17, 15) is 9.18 Å². The minimum atomic E-state index is -0.219. The van der Waals surface area contributed by atoms with Gasteiger partial charge < -0.3 is 9.73 Å². The van der Waals surface area contributed by atoms with Crippen LogP contribution < -0.4 is 5.32 Å². The van der Waals surface area contributed by atoms with Crippen LogP contribution in [0, 0.1) is 18.7 Å². The van der Waals surface area contributed by atoms with E-state index < -0.39 is 0 Å². The second-order valence-corrected chi connectivity index (χ2v) is 8.07. The van der Waals surface area contributed by atoms with E-state index in [4.69, 9.17) is 4.42 Å². The number of rotatable bonds is 7. The lowest BCUT2D eigenvalue weighted by Crippen LogP contribution is -2.40. The summed E-state index contributed by atoms with van der Waals surface area (Å²) in [6.07, 6.45) is 2.13. The SMILES string of the molecule is Cc1oc(-c2ccccc2)nc1CN1CCC(C(=O)NCCc2ccccc2F)CC1. The molecule has 4 rings (SSSR count). The third-order valence-electron chi connectivity index (χ3n) is 5.90. The monoisotopic (exact) mass is 421 g/mol. The number of amides is 1. The Balaban J connectivity index is 1.24. The van der Waals surface area contributed by atoms with Gasteiger partial charge in [-0.2, -0.15) is 0 Å². The normalized spacial score (nSPS) is 15.2. The van der Waals surface area contributed by atoms with Crippen LogP contribution in [0.1, 0.15) is 29.9 Å². The summed E-state index contributed by atoms with van der Waals surface area (Å²) in [5, 5.41) is 2.97. The van der Waals surface area contributed by atoms with Crippen molar-refractivity contribution in [1.82, 2.24) is 15.2 Å². The Bertz CT molecular complexity index is 1010. The molecule has 1 fully saturated rings. The predicted molar refractivity (Wildman–Crippen MR) is 118 cm³/mol. The summed E-state index contributed by atoms with van der Waals surface area (Å²) in [6.45, 7) is 4.82. The van der Waals surface area contributed by atoms with Gasteiger partial charge in [0.05, 0.1) is 5.69 Å². The van der Waals surface area contributed by atoms with Gasteiger partial charge in [0.2, 0.25) is 11.8 Å². The molecule has 0 bridgehead atoms. The van der Waals surface area contributed by atoms with Gasteiger partial charge in [-0.05, 0) is 63.0 Å². The zero-order valence-corrected chi connectivity index (χ0v) is 17.8. The second kappa shape index (κ2) is 9.88. The topological polar surface area (TPSA) is 58.4 Å². The van der Waals surface area contributed by atoms with Gasteiger partial charge >= 0.3 is 0 Å². The molecule has 1 saturated heterocycles. The number of nitrogens with one attached hydrogen (secondary N) is 1. The summed E-state index contributed by atoms with van der Waals surface area (Å²) < 4.78 is 19.5. The van der Waals surface area contributed by atoms with E-state index in [1.54, 1.807) is 12.1 Å². The Labute approximate surface area is 182 Å². The van der Waals surface area contributed by atoms with Crippen molar-refractivity contribution in [3.05, 3.63) is 77.4 Å². The molecular formula is C25H28FN3O2. The summed E-state index contributed by atoms with van der Waals surface area (Å²) in [4.78, 5) is 19.5. The number of aromatic nitrogens is 1. The summed E-state index contributed by atoms with van der Waals surface area (Å²) in [5.74, 6) is 1.35. The highest BCUT2D eigenvalue weighted by molar-refractivity contribution is 5.78. The quantitative estimate of drug-likeness (QED) is 0.616. The third kappa shape index (κ3) is 5.39. The summed E-state index contributed by atoms with van der Waals surface area (Å²) >= 11 is 0. The molecule has 0 spiro atoms. The van der Waals surface area contributed by atoms with Gasteiger partial charge in [-0.3, -0.25) is 9.69 Å². The van der Waals surface area contributed by atoms with Gasteiger partial charge in [0.25, 0.3) is 0 Å². The van der Waals surface area contributed by atoms with E-state index in [2.05, 4.69) is 15.2 Å². The van der Waals surface area contributed by atoms with E-state index in [1.165, 1.54) is 6.07 Å². The molecule has 0 aliphatic carbocycles. The van der Waals surface area contributed by atoms with E-state index in [-0.39, 0.29) is 17.6 Å². The molecule has 31 heavy (non-hydrogen) atoms. The van der Waals surface area contributed by atoms with Crippen LogP contribution in [0.3, 0.4) is 0 Å². The van der Waals surface area contributed by atoms with Gasteiger partial charge in [-0.1, -0.05) is 36.4 Å². The van der Waals surface area contributed by atoms with Crippen LogP contribution in [0.4, 0.5) is 4.39 Å². The third-order valence-corrected chi connectivity index (χ3v) is 5.90. The molecule has 1 N–H and O–H groups in total. The van der Waals surface area contributed by atoms with Crippen LogP contribution >= 0.6 is 0 Å². The van der Waals surface area contributed by atoms with Crippen molar-refractivity contribution < 1.29 is 13.6 Å². The maximum absolute atomic E-state index is 13.7. The molecule has 0 saturated carbocycles. The number of likely N-dealkylation sites (tertiary alicyclic amines) is 1. The van der Waals surface area contributed by atoms with Crippen molar-refractivity contribution in [3.63, 3.8) is 0 Å².